The van der Waals surface area contributed by atoms with Gasteiger partial charge in [0.2, 0.25) is 5.91 Å². The Hall–Kier alpha value is -1.17. The first kappa shape index (κ1) is 13.9. The van der Waals surface area contributed by atoms with E-state index < -0.39 is 0 Å². The molecule has 1 amide bonds. The Morgan fingerprint density at radius 2 is 2.18 bits per heavy atom. The zero-order valence-corrected chi connectivity index (χ0v) is 11.9. The van der Waals surface area contributed by atoms with Crippen LogP contribution in [0.3, 0.4) is 0 Å². The molecule has 94 valence electrons. The monoisotopic (exact) mass is 300 g/mol. The SMILES string of the molecule is CCc1nc(Br)cc(N(CC(N)=O)C(C)C)n1. The van der Waals surface area contributed by atoms with Gasteiger partial charge in [-0.2, -0.15) is 0 Å². The predicted molar refractivity (Wildman–Crippen MR) is 70.8 cm³/mol. The Kier molecular flexibility index (Phi) is 4.86. The number of halogens is 1. The standard InChI is InChI=1S/C11H17BrN4O/c1-4-10-14-8(12)5-11(15-10)16(7(2)3)6-9(13)17/h5,7H,4,6H2,1-3H3,(H2,13,17). The largest absolute Gasteiger partial charge is 0.368 e. The first-order chi connectivity index (χ1) is 7.93. The van der Waals surface area contributed by atoms with Gasteiger partial charge in [0.15, 0.2) is 0 Å². The van der Waals surface area contributed by atoms with E-state index >= 15 is 0 Å². The van der Waals surface area contributed by atoms with Crippen LogP contribution < -0.4 is 10.6 Å². The van der Waals surface area contributed by atoms with Crippen LogP contribution in [0.4, 0.5) is 5.82 Å². The first-order valence-electron chi connectivity index (χ1n) is 5.52. The van der Waals surface area contributed by atoms with Crippen LogP contribution in [0.1, 0.15) is 26.6 Å². The van der Waals surface area contributed by atoms with Crippen molar-refractivity contribution in [3.05, 3.63) is 16.5 Å². The lowest BCUT2D eigenvalue weighted by Gasteiger charge is -2.26. The number of nitrogens with zero attached hydrogens (tertiary/aromatic N) is 3. The highest BCUT2D eigenvalue weighted by atomic mass is 79.9. The molecule has 2 N–H and O–H groups in total. The lowest BCUT2D eigenvalue weighted by atomic mass is 10.3. The Morgan fingerprint density at radius 1 is 1.53 bits per heavy atom. The summed E-state index contributed by atoms with van der Waals surface area (Å²) in [6.45, 7) is 6.12. The van der Waals surface area contributed by atoms with E-state index in [0.717, 1.165) is 22.7 Å². The number of nitrogens with two attached hydrogens (primary N) is 1. The molecule has 0 saturated carbocycles. The second kappa shape index (κ2) is 5.95. The van der Waals surface area contributed by atoms with Gasteiger partial charge in [0.1, 0.15) is 16.2 Å². The van der Waals surface area contributed by atoms with Crippen LogP contribution in [-0.4, -0.2) is 28.5 Å². The summed E-state index contributed by atoms with van der Waals surface area (Å²) in [5.74, 6) is 1.09. The number of rotatable bonds is 5. The summed E-state index contributed by atoms with van der Waals surface area (Å²) in [6.07, 6.45) is 0.745. The summed E-state index contributed by atoms with van der Waals surface area (Å²) in [7, 11) is 0. The third-order valence-electron chi connectivity index (χ3n) is 2.29. The highest BCUT2D eigenvalue weighted by molar-refractivity contribution is 9.10. The summed E-state index contributed by atoms with van der Waals surface area (Å²) in [6, 6.07) is 1.94. The van der Waals surface area contributed by atoms with Crippen molar-refractivity contribution >= 4 is 27.7 Å². The zero-order valence-electron chi connectivity index (χ0n) is 10.3. The molecule has 1 aromatic rings. The molecule has 6 heteroatoms. The fourth-order valence-electron chi connectivity index (χ4n) is 1.45. The van der Waals surface area contributed by atoms with Crippen LogP contribution in [0.15, 0.2) is 10.7 Å². The fourth-order valence-corrected chi connectivity index (χ4v) is 1.86. The van der Waals surface area contributed by atoms with Gasteiger partial charge in [-0.1, -0.05) is 6.92 Å². The Balaban J connectivity index is 3.08. The van der Waals surface area contributed by atoms with Crippen molar-refractivity contribution in [3.63, 3.8) is 0 Å². The second-order valence-electron chi connectivity index (χ2n) is 4.01. The van der Waals surface area contributed by atoms with E-state index in [1.807, 2.05) is 25.7 Å². The van der Waals surface area contributed by atoms with E-state index in [2.05, 4.69) is 25.9 Å². The number of hydrogen-bond acceptors (Lipinski definition) is 4. The van der Waals surface area contributed by atoms with E-state index in [1.165, 1.54) is 0 Å². The van der Waals surface area contributed by atoms with Gasteiger partial charge in [-0.05, 0) is 29.8 Å². The number of primary amides is 1. The zero-order chi connectivity index (χ0) is 13.0. The Labute approximate surface area is 110 Å². The maximum absolute atomic E-state index is 11.1. The number of aryl methyl sites for hydroxylation is 1. The first-order valence-corrected chi connectivity index (χ1v) is 6.31. The summed E-state index contributed by atoms with van der Waals surface area (Å²) >= 11 is 3.34. The lowest BCUT2D eigenvalue weighted by Crippen LogP contribution is -2.39. The van der Waals surface area contributed by atoms with Crippen molar-refractivity contribution in [2.75, 3.05) is 11.4 Å². The van der Waals surface area contributed by atoms with Crippen LogP contribution in [-0.2, 0) is 11.2 Å². The molecule has 0 radical (unpaired) electrons. The van der Waals surface area contributed by atoms with Gasteiger partial charge < -0.3 is 10.6 Å². The topological polar surface area (TPSA) is 72.1 Å². The maximum Gasteiger partial charge on any atom is 0.237 e. The smallest absolute Gasteiger partial charge is 0.237 e. The molecule has 0 aromatic carbocycles. The molecule has 1 aromatic heterocycles. The van der Waals surface area contributed by atoms with E-state index in [4.69, 9.17) is 5.73 Å². The number of amides is 1. The average molecular weight is 301 g/mol. The van der Waals surface area contributed by atoms with Crippen LogP contribution in [0.25, 0.3) is 0 Å². The van der Waals surface area contributed by atoms with Gasteiger partial charge in [-0.15, -0.1) is 0 Å². The molecule has 0 aliphatic rings. The van der Waals surface area contributed by atoms with Crippen molar-refractivity contribution in [3.8, 4) is 0 Å². The minimum Gasteiger partial charge on any atom is -0.368 e. The normalized spacial score (nSPS) is 10.6. The van der Waals surface area contributed by atoms with Crippen molar-refractivity contribution in [2.45, 2.75) is 33.2 Å². The number of anilines is 1. The molecule has 1 heterocycles. The molecule has 0 atom stereocenters. The minimum atomic E-state index is -0.369. The molecule has 0 aliphatic heterocycles. The van der Waals surface area contributed by atoms with Gasteiger partial charge in [-0.25, -0.2) is 9.97 Å². The molecule has 5 nitrogen and oxygen atoms in total. The van der Waals surface area contributed by atoms with Crippen molar-refractivity contribution in [1.82, 2.24) is 9.97 Å². The Bertz CT molecular complexity index is 408. The van der Waals surface area contributed by atoms with Gasteiger partial charge in [0.25, 0.3) is 0 Å². The maximum atomic E-state index is 11.1. The highest BCUT2D eigenvalue weighted by Gasteiger charge is 2.15. The van der Waals surface area contributed by atoms with E-state index in [-0.39, 0.29) is 18.5 Å². The molecular formula is C11H17BrN4O. The quantitative estimate of drug-likeness (QED) is 0.837. The summed E-state index contributed by atoms with van der Waals surface area (Å²) in [5.41, 5.74) is 5.24. The molecule has 17 heavy (non-hydrogen) atoms. The molecule has 0 saturated heterocycles. The van der Waals surface area contributed by atoms with Crippen LogP contribution >= 0.6 is 15.9 Å². The number of carbonyl (C=O) groups is 1. The lowest BCUT2D eigenvalue weighted by molar-refractivity contribution is -0.116. The molecule has 0 unspecified atom stereocenters. The van der Waals surface area contributed by atoms with Crippen LogP contribution in [0, 0.1) is 0 Å². The van der Waals surface area contributed by atoms with Gasteiger partial charge in [0, 0.05) is 18.5 Å². The molecule has 0 spiro atoms. The molecule has 0 bridgehead atoms. The summed E-state index contributed by atoms with van der Waals surface area (Å²) in [5, 5.41) is 0. The van der Waals surface area contributed by atoms with Gasteiger partial charge in [0.05, 0.1) is 6.54 Å². The average Bonchev–Trinajstić information content (AvgIpc) is 2.24. The van der Waals surface area contributed by atoms with Crippen molar-refractivity contribution in [1.29, 1.82) is 0 Å². The highest BCUT2D eigenvalue weighted by Crippen LogP contribution is 2.18. The molecular weight excluding hydrogens is 284 g/mol. The van der Waals surface area contributed by atoms with Crippen LogP contribution in [0.2, 0.25) is 0 Å². The van der Waals surface area contributed by atoms with Gasteiger partial charge in [-0.3, -0.25) is 4.79 Å². The number of hydrogen-bond donors (Lipinski definition) is 1. The number of aromatic nitrogens is 2. The van der Waals surface area contributed by atoms with E-state index in [9.17, 15) is 4.79 Å². The Morgan fingerprint density at radius 3 is 2.65 bits per heavy atom. The predicted octanol–water partition coefficient (Wildman–Crippen LogP) is 1.50. The van der Waals surface area contributed by atoms with Crippen molar-refractivity contribution < 1.29 is 4.79 Å². The third-order valence-corrected chi connectivity index (χ3v) is 2.69. The van der Waals surface area contributed by atoms with Crippen molar-refractivity contribution in [2.24, 2.45) is 5.73 Å². The molecule has 0 aliphatic carbocycles. The van der Waals surface area contributed by atoms with E-state index in [0.29, 0.717) is 0 Å². The fraction of sp³-hybridized carbons (Fsp3) is 0.545. The molecule has 0 fully saturated rings. The van der Waals surface area contributed by atoms with E-state index in [1.54, 1.807) is 6.07 Å². The third kappa shape index (κ3) is 3.96. The molecule has 1 rings (SSSR count). The minimum absolute atomic E-state index is 0.147. The van der Waals surface area contributed by atoms with Gasteiger partial charge >= 0.3 is 0 Å². The van der Waals surface area contributed by atoms with Crippen LogP contribution in [0.5, 0.6) is 0 Å². The summed E-state index contributed by atoms with van der Waals surface area (Å²) < 4.78 is 0.717. The number of carbonyl (C=O) groups excluding carboxylic acids is 1. The summed E-state index contributed by atoms with van der Waals surface area (Å²) in [4.78, 5) is 21.5. The second-order valence-corrected chi connectivity index (χ2v) is 4.82.